The van der Waals surface area contributed by atoms with Gasteiger partial charge in [-0.2, -0.15) is 0 Å². The zero-order valence-corrected chi connectivity index (χ0v) is 12.1. The number of benzene rings is 1. The Morgan fingerprint density at radius 3 is 2.60 bits per heavy atom. The molecular weight excluding hydrogens is 248 g/mol. The molecule has 0 spiro atoms. The first-order valence-electron chi connectivity index (χ1n) is 7.80. The molecule has 0 amide bonds. The molecule has 2 atom stereocenters. The summed E-state index contributed by atoms with van der Waals surface area (Å²) in [4.78, 5) is 0. The molecule has 3 rings (SSSR count). The van der Waals surface area contributed by atoms with Crippen LogP contribution in [0.1, 0.15) is 44.1 Å². The molecule has 0 aromatic heterocycles. The third-order valence-electron chi connectivity index (χ3n) is 4.77. The van der Waals surface area contributed by atoms with Gasteiger partial charge < -0.3 is 9.84 Å². The van der Waals surface area contributed by atoms with E-state index < -0.39 is 0 Å². The molecule has 2 fully saturated rings. The highest BCUT2D eigenvalue weighted by molar-refractivity contribution is 5.28. The van der Waals surface area contributed by atoms with Gasteiger partial charge in [-0.25, -0.2) is 0 Å². The van der Waals surface area contributed by atoms with E-state index in [1.165, 1.54) is 37.7 Å². The normalized spacial score (nSPS) is 30.4. The Hall–Kier alpha value is -1.12. The summed E-state index contributed by atoms with van der Waals surface area (Å²) in [7, 11) is 0. The van der Waals surface area contributed by atoms with Crippen LogP contribution in [0.4, 0.5) is 0 Å². The van der Waals surface area contributed by atoms with Crippen molar-refractivity contribution in [2.24, 2.45) is 0 Å². The molecule has 1 N–H and O–H groups in total. The molecule has 20 heavy (non-hydrogen) atoms. The van der Waals surface area contributed by atoms with Gasteiger partial charge in [-0.05, 0) is 37.7 Å². The van der Waals surface area contributed by atoms with E-state index >= 15 is 0 Å². The molecule has 1 saturated carbocycles. The maximum Gasteiger partial charge on any atom is 0.0769 e. The van der Waals surface area contributed by atoms with Gasteiger partial charge in [-0.3, -0.25) is 0 Å². The number of hydrogen-bond donors (Lipinski definition) is 1. The number of hydrogen-bond acceptors (Lipinski definition) is 2. The number of aliphatic hydroxyl groups excluding tert-OH is 1. The highest BCUT2D eigenvalue weighted by Gasteiger charge is 2.40. The molecule has 1 aromatic carbocycles. The lowest BCUT2D eigenvalue weighted by Crippen LogP contribution is -2.31. The van der Waals surface area contributed by atoms with Gasteiger partial charge >= 0.3 is 0 Å². The molecule has 108 valence electrons. The van der Waals surface area contributed by atoms with Crippen LogP contribution in [-0.4, -0.2) is 24.4 Å². The quantitative estimate of drug-likeness (QED) is 0.852. The Morgan fingerprint density at radius 1 is 1.15 bits per heavy atom. The van der Waals surface area contributed by atoms with Crippen LogP contribution >= 0.6 is 0 Å². The molecule has 1 saturated heterocycles. The largest absolute Gasteiger partial charge is 0.395 e. The zero-order chi connectivity index (χ0) is 13.8. The van der Waals surface area contributed by atoms with Gasteiger partial charge in [0.2, 0.25) is 0 Å². The van der Waals surface area contributed by atoms with Crippen LogP contribution in [0.15, 0.2) is 42.0 Å². The van der Waals surface area contributed by atoms with Gasteiger partial charge in [0, 0.05) is 5.41 Å². The van der Waals surface area contributed by atoms with E-state index in [0.29, 0.717) is 6.61 Å². The maximum absolute atomic E-state index is 9.89. The van der Waals surface area contributed by atoms with E-state index in [1.807, 2.05) is 18.2 Å². The van der Waals surface area contributed by atoms with Gasteiger partial charge in [0.1, 0.15) is 0 Å². The SMILES string of the molecule is OC[C@@]1(c2ccccc2)CO[C@H](C=C2CCCCC2)C1. The fourth-order valence-electron chi connectivity index (χ4n) is 3.51. The molecule has 1 aliphatic carbocycles. The standard InChI is InChI=1S/C18H24O2/c19-13-18(16-9-5-2-6-10-16)12-17(20-14-18)11-15-7-3-1-4-8-15/h2,5-6,9-11,17,19H,1,3-4,7-8,12-14H2/t17-,18-/m1/s1. The van der Waals surface area contributed by atoms with Crippen molar-refractivity contribution < 1.29 is 9.84 Å². The first-order valence-corrected chi connectivity index (χ1v) is 7.80. The highest BCUT2D eigenvalue weighted by Crippen LogP contribution is 2.37. The van der Waals surface area contributed by atoms with Crippen LogP contribution in [0.5, 0.6) is 0 Å². The zero-order valence-electron chi connectivity index (χ0n) is 12.1. The minimum absolute atomic E-state index is 0.163. The molecule has 2 aliphatic rings. The molecular formula is C18H24O2. The lowest BCUT2D eigenvalue weighted by molar-refractivity contribution is 0.116. The van der Waals surface area contributed by atoms with Crippen LogP contribution in [0.3, 0.4) is 0 Å². The van der Waals surface area contributed by atoms with Gasteiger partial charge in [-0.1, -0.05) is 48.4 Å². The second-order valence-electron chi connectivity index (χ2n) is 6.24. The summed E-state index contributed by atoms with van der Waals surface area (Å²) in [5.74, 6) is 0. The minimum atomic E-state index is -0.211. The van der Waals surface area contributed by atoms with E-state index in [2.05, 4.69) is 18.2 Å². The van der Waals surface area contributed by atoms with Crippen LogP contribution in [0, 0.1) is 0 Å². The average Bonchev–Trinajstić information content (AvgIpc) is 2.94. The summed E-state index contributed by atoms with van der Waals surface area (Å²) >= 11 is 0. The molecule has 1 aliphatic heterocycles. The fraction of sp³-hybridized carbons (Fsp3) is 0.556. The van der Waals surface area contributed by atoms with E-state index in [9.17, 15) is 5.11 Å². The summed E-state index contributed by atoms with van der Waals surface area (Å²) in [5, 5.41) is 9.89. The summed E-state index contributed by atoms with van der Waals surface area (Å²) < 4.78 is 5.98. The van der Waals surface area contributed by atoms with E-state index in [1.54, 1.807) is 5.57 Å². The monoisotopic (exact) mass is 272 g/mol. The summed E-state index contributed by atoms with van der Waals surface area (Å²) in [6.45, 7) is 0.790. The molecule has 2 nitrogen and oxygen atoms in total. The van der Waals surface area contributed by atoms with Gasteiger partial charge in [-0.15, -0.1) is 0 Å². The lowest BCUT2D eigenvalue weighted by atomic mass is 9.79. The Kier molecular flexibility index (Phi) is 4.23. The van der Waals surface area contributed by atoms with Crippen LogP contribution in [0.25, 0.3) is 0 Å². The van der Waals surface area contributed by atoms with Crippen molar-refractivity contribution in [3.05, 3.63) is 47.5 Å². The minimum Gasteiger partial charge on any atom is -0.395 e. The van der Waals surface area contributed by atoms with Crippen molar-refractivity contribution in [1.29, 1.82) is 0 Å². The Bertz CT molecular complexity index is 458. The van der Waals surface area contributed by atoms with E-state index in [-0.39, 0.29) is 18.1 Å². The number of aliphatic hydroxyl groups is 1. The van der Waals surface area contributed by atoms with Gasteiger partial charge in [0.05, 0.1) is 19.3 Å². The van der Waals surface area contributed by atoms with Crippen LogP contribution in [0.2, 0.25) is 0 Å². The first kappa shape index (κ1) is 13.8. The number of rotatable bonds is 3. The molecule has 2 heteroatoms. The Morgan fingerprint density at radius 2 is 1.90 bits per heavy atom. The second-order valence-corrected chi connectivity index (χ2v) is 6.24. The van der Waals surface area contributed by atoms with Crippen molar-refractivity contribution >= 4 is 0 Å². The predicted octanol–water partition coefficient (Wildman–Crippen LogP) is 3.60. The van der Waals surface area contributed by atoms with Gasteiger partial charge in [0.25, 0.3) is 0 Å². The molecule has 0 bridgehead atoms. The number of ether oxygens (including phenoxy) is 1. The van der Waals surface area contributed by atoms with Crippen molar-refractivity contribution in [2.45, 2.75) is 50.0 Å². The Balaban J connectivity index is 1.74. The molecule has 1 heterocycles. The summed E-state index contributed by atoms with van der Waals surface area (Å²) in [6.07, 6.45) is 9.89. The van der Waals surface area contributed by atoms with Crippen molar-refractivity contribution in [1.82, 2.24) is 0 Å². The third kappa shape index (κ3) is 2.82. The van der Waals surface area contributed by atoms with Crippen molar-refractivity contribution in [3.8, 4) is 0 Å². The average molecular weight is 272 g/mol. The van der Waals surface area contributed by atoms with Crippen molar-refractivity contribution in [2.75, 3.05) is 13.2 Å². The second kappa shape index (κ2) is 6.11. The van der Waals surface area contributed by atoms with E-state index in [0.717, 1.165) is 6.42 Å². The molecule has 0 unspecified atom stereocenters. The van der Waals surface area contributed by atoms with Crippen LogP contribution < -0.4 is 0 Å². The third-order valence-corrected chi connectivity index (χ3v) is 4.77. The topological polar surface area (TPSA) is 29.5 Å². The molecule has 0 radical (unpaired) electrons. The predicted molar refractivity (Wildman–Crippen MR) is 80.7 cm³/mol. The van der Waals surface area contributed by atoms with Crippen molar-refractivity contribution in [3.63, 3.8) is 0 Å². The highest BCUT2D eigenvalue weighted by atomic mass is 16.5. The molecule has 1 aromatic rings. The first-order chi connectivity index (χ1) is 9.82. The lowest BCUT2D eigenvalue weighted by Gasteiger charge is -2.25. The van der Waals surface area contributed by atoms with Gasteiger partial charge in [0.15, 0.2) is 0 Å². The fourth-order valence-corrected chi connectivity index (χ4v) is 3.51. The maximum atomic E-state index is 9.89. The summed E-state index contributed by atoms with van der Waals surface area (Å²) in [6, 6.07) is 10.3. The Labute approximate surface area is 121 Å². The van der Waals surface area contributed by atoms with Crippen LogP contribution in [-0.2, 0) is 10.2 Å². The van der Waals surface area contributed by atoms with E-state index in [4.69, 9.17) is 4.74 Å². The smallest absolute Gasteiger partial charge is 0.0769 e. The summed E-state index contributed by atoms with van der Waals surface area (Å²) in [5.41, 5.74) is 2.55. The number of allylic oxidation sites excluding steroid dienone is 1.